The molecule has 1 unspecified atom stereocenters. The summed E-state index contributed by atoms with van der Waals surface area (Å²) in [5.74, 6) is 0.00298. The molecule has 0 radical (unpaired) electrons. The fourth-order valence-corrected chi connectivity index (χ4v) is 3.07. The van der Waals surface area contributed by atoms with Gasteiger partial charge in [-0.3, -0.25) is 10.1 Å². The summed E-state index contributed by atoms with van der Waals surface area (Å²) in [5.41, 5.74) is 1.23. The van der Waals surface area contributed by atoms with Crippen molar-refractivity contribution in [1.82, 2.24) is 9.78 Å². The Morgan fingerprint density at radius 1 is 1.34 bits per heavy atom. The minimum Gasteiger partial charge on any atom is -0.494 e. The minimum absolute atomic E-state index is 0.0551. The number of methoxy groups -OCH3 is 1. The van der Waals surface area contributed by atoms with Crippen molar-refractivity contribution in [3.8, 4) is 17.2 Å². The molecule has 0 fully saturated rings. The molecule has 8 nitrogen and oxygen atoms in total. The van der Waals surface area contributed by atoms with Crippen LogP contribution < -0.4 is 9.64 Å². The van der Waals surface area contributed by atoms with Crippen LogP contribution >= 0.6 is 12.2 Å². The van der Waals surface area contributed by atoms with Crippen LogP contribution in [0.2, 0.25) is 0 Å². The quantitative estimate of drug-likeness (QED) is 0.343. The molecule has 0 bridgehead atoms. The second-order valence-electron chi connectivity index (χ2n) is 6.39. The standard InChI is InChI=1S/C19H19FN4O4S/c1-3-22(11-13-7-8-17(27-2)16(20)9-13)12-23-19(29)28-18(21-23)14-5-4-6-15(10-14)24(25)26/h4-10H,3,11-12H2,1-2H3/p+1. The van der Waals surface area contributed by atoms with E-state index in [1.807, 2.05) is 13.0 Å². The second kappa shape index (κ2) is 8.93. The maximum absolute atomic E-state index is 13.9. The monoisotopic (exact) mass is 419 g/mol. The first-order chi connectivity index (χ1) is 13.9. The van der Waals surface area contributed by atoms with E-state index in [1.54, 1.807) is 18.2 Å². The van der Waals surface area contributed by atoms with E-state index in [4.69, 9.17) is 21.4 Å². The normalized spacial score (nSPS) is 12.0. The molecule has 0 aliphatic carbocycles. The molecule has 3 rings (SSSR count). The van der Waals surface area contributed by atoms with Gasteiger partial charge < -0.3 is 14.1 Å². The zero-order valence-electron chi connectivity index (χ0n) is 15.9. The molecule has 1 atom stereocenters. The molecule has 0 saturated heterocycles. The van der Waals surface area contributed by atoms with E-state index in [9.17, 15) is 14.5 Å². The van der Waals surface area contributed by atoms with Crippen molar-refractivity contribution in [3.05, 3.63) is 68.8 Å². The van der Waals surface area contributed by atoms with E-state index in [-0.39, 0.29) is 22.2 Å². The lowest BCUT2D eigenvalue weighted by Crippen LogP contribution is -3.09. The maximum atomic E-state index is 13.9. The maximum Gasteiger partial charge on any atom is 0.292 e. The van der Waals surface area contributed by atoms with Crippen molar-refractivity contribution in [1.29, 1.82) is 0 Å². The van der Waals surface area contributed by atoms with Gasteiger partial charge in [0, 0.05) is 23.3 Å². The number of nitrogens with one attached hydrogen (secondary N) is 1. The van der Waals surface area contributed by atoms with Gasteiger partial charge in [0.05, 0.1) is 18.6 Å². The lowest BCUT2D eigenvalue weighted by molar-refractivity contribution is -0.935. The van der Waals surface area contributed by atoms with Crippen molar-refractivity contribution in [3.63, 3.8) is 0 Å². The summed E-state index contributed by atoms with van der Waals surface area (Å²) in [7, 11) is 1.42. The molecule has 1 N–H and O–H groups in total. The number of nitro groups is 1. The van der Waals surface area contributed by atoms with Gasteiger partial charge in [0.15, 0.2) is 18.2 Å². The number of rotatable bonds is 8. The molecule has 152 valence electrons. The Hall–Kier alpha value is -3.11. The van der Waals surface area contributed by atoms with E-state index in [1.165, 1.54) is 30.0 Å². The Labute approximate surface area is 171 Å². The van der Waals surface area contributed by atoms with Gasteiger partial charge in [0.1, 0.15) is 6.54 Å². The highest BCUT2D eigenvalue weighted by Crippen LogP contribution is 2.22. The number of hydrogen-bond donors (Lipinski definition) is 1. The van der Waals surface area contributed by atoms with Gasteiger partial charge in [0.25, 0.3) is 10.5 Å². The predicted molar refractivity (Wildman–Crippen MR) is 106 cm³/mol. The third kappa shape index (κ3) is 4.84. The molecule has 2 aromatic carbocycles. The summed E-state index contributed by atoms with van der Waals surface area (Å²) < 4.78 is 26.0. The van der Waals surface area contributed by atoms with Gasteiger partial charge in [-0.25, -0.2) is 4.39 Å². The third-order valence-corrected chi connectivity index (χ3v) is 4.75. The van der Waals surface area contributed by atoms with Crippen LogP contribution in [-0.2, 0) is 13.2 Å². The minimum atomic E-state index is -0.480. The fraction of sp³-hybridized carbons (Fsp3) is 0.263. The SMILES string of the molecule is CC[NH+](Cc1ccc(OC)c(F)c1)Cn1nc(-c2cccc([N+](=O)[O-])c2)oc1=S. The number of benzene rings is 2. The van der Waals surface area contributed by atoms with Crippen molar-refractivity contribution >= 4 is 17.9 Å². The topological polar surface area (TPSA) is 87.8 Å². The van der Waals surface area contributed by atoms with Crippen molar-refractivity contribution < 1.29 is 23.4 Å². The number of hydrogen-bond acceptors (Lipinski definition) is 6. The van der Waals surface area contributed by atoms with Gasteiger partial charge in [-0.05, 0) is 43.4 Å². The van der Waals surface area contributed by atoms with Crippen LogP contribution in [0.3, 0.4) is 0 Å². The number of non-ortho nitro benzene ring substituents is 1. The lowest BCUT2D eigenvalue weighted by atomic mass is 10.2. The number of nitro benzene ring substituents is 1. The first-order valence-electron chi connectivity index (χ1n) is 8.90. The molecule has 1 heterocycles. The van der Waals surface area contributed by atoms with Crippen molar-refractivity contribution in [2.24, 2.45) is 0 Å². The van der Waals surface area contributed by atoms with E-state index in [0.717, 1.165) is 17.0 Å². The highest BCUT2D eigenvalue weighted by atomic mass is 32.1. The molecule has 0 amide bonds. The first-order valence-corrected chi connectivity index (χ1v) is 9.30. The highest BCUT2D eigenvalue weighted by molar-refractivity contribution is 7.71. The average Bonchev–Trinajstić information content (AvgIpc) is 3.08. The van der Waals surface area contributed by atoms with Crippen LogP contribution in [0.25, 0.3) is 11.5 Å². The van der Waals surface area contributed by atoms with Gasteiger partial charge in [-0.2, -0.15) is 4.68 Å². The third-order valence-electron chi connectivity index (χ3n) is 4.45. The van der Waals surface area contributed by atoms with Gasteiger partial charge >= 0.3 is 0 Å². The van der Waals surface area contributed by atoms with Crippen LogP contribution in [0.4, 0.5) is 10.1 Å². The van der Waals surface area contributed by atoms with Gasteiger partial charge in [-0.1, -0.05) is 6.07 Å². The molecular formula is C19H20FN4O4S+. The zero-order valence-corrected chi connectivity index (χ0v) is 16.7. The second-order valence-corrected chi connectivity index (χ2v) is 6.74. The Kier molecular flexibility index (Phi) is 6.35. The van der Waals surface area contributed by atoms with Crippen LogP contribution in [0.1, 0.15) is 12.5 Å². The molecular weight excluding hydrogens is 399 g/mol. The summed E-state index contributed by atoms with van der Waals surface area (Å²) in [6.07, 6.45) is 0. The Morgan fingerprint density at radius 3 is 2.79 bits per heavy atom. The summed E-state index contributed by atoms with van der Waals surface area (Å²) in [6.45, 7) is 3.70. The molecule has 1 aromatic heterocycles. The zero-order chi connectivity index (χ0) is 21.0. The molecule has 0 saturated carbocycles. The first kappa shape index (κ1) is 20.6. The van der Waals surface area contributed by atoms with Crippen LogP contribution in [-0.4, -0.2) is 28.4 Å². The van der Waals surface area contributed by atoms with E-state index < -0.39 is 10.7 Å². The molecule has 10 heteroatoms. The number of ether oxygens (including phenoxy) is 1. The molecule has 0 aliphatic rings. The average molecular weight is 419 g/mol. The Bertz CT molecular complexity index is 1080. The van der Waals surface area contributed by atoms with E-state index >= 15 is 0 Å². The fourth-order valence-electron chi connectivity index (χ4n) is 2.89. The smallest absolute Gasteiger partial charge is 0.292 e. The van der Waals surface area contributed by atoms with Crippen LogP contribution in [0, 0.1) is 20.8 Å². The summed E-state index contributed by atoms with van der Waals surface area (Å²) in [5, 5.41) is 15.3. The lowest BCUT2D eigenvalue weighted by Gasteiger charge is -2.17. The number of halogens is 1. The Balaban J connectivity index is 1.78. The van der Waals surface area contributed by atoms with Crippen LogP contribution in [0.5, 0.6) is 5.75 Å². The molecule has 0 aliphatic heterocycles. The highest BCUT2D eigenvalue weighted by Gasteiger charge is 2.16. The van der Waals surface area contributed by atoms with Crippen molar-refractivity contribution in [2.75, 3.05) is 13.7 Å². The van der Waals surface area contributed by atoms with Gasteiger partial charge in [-0.15, -0.1) is 5.10 Å². The van der Waals surface area contributed by atoms with Crippen LogP contribution in [0.15, 0.2) is 46.9 Å². The van der Waals surface area contributed by atoms with E-state index in [0.29, 0.717) is 18.8 Å². The summed E-state index contributed by atoms with van der Waals surface area (Å²) in [6, 6.07) is 10.9. The van der Waals surface area contributed by atoms with Gasteiger partial charge in [0.2, 0.25) is 5.89 Å². The number of nitrogens with zero attached hydrogens (tertiary/aromatic N) is 3. The number of aromatic nitrogens is 2. The molecule has 0 spiro atoms. The summed E-state index contributed by atoms with van der Waals surface area (Å²) >= 11 is 5.25. The summed E-state index contributed by atoms with van der Waals surface area (Å²) in [4.78, 5) is 11.7. The largest absolute Gasteiger partial charge is 0.494 e. The molecule has 29 heavy (non-hydrogen) atoms. The van der Waals surface area contributed by atoms with E-state index in [2.05, 4.69) is 5.10 Å². The molecule has 3 aromatic rings. The Morgan fingerprint density at radius 2 is 2.14 bits per heavy atom. The number of quaternary nitrogens is 1. The predicted octanol–water partition coefficient (Wildman–Crippen LogP) is 2.99. The van der Waals surface area contributed by atoms with Crippen molar-refractivity contribution in [2.45, 2.75) is 20.1 Å².